The molecule has 28 heavy (non-hydrogen) atoms. The molecule has 6 heteroatoms. The van der Waals surface area contributed by atoms with E-state index in [1.54, 1.807) is 18.3 Å². The first-order valence-corrected chi connectivity index (χ1v) is 9.88. The molecule has 0 fully saturated rings. The quantitative estimate of drug-likeness (QED) is 0.507. The highest BCUT2D eigenvalue weighted by atomic mass is 35.5. The summed E-state index contributed by atoms with van der Waals surface area (Å²) in [5.74, 6) is -0.383. The number of carbonyl (C=O) groups is 1. The Hall–Kier alpha value is -2.30. The predicted molar refractivity (Wildman–Crippen MR) is 119 cm³/mol. The second-order valence-electron chi connectivity index (χ2n) is 7.33. The summed E-state index contributed by atoms with van der Waals surface area (Å²) in [6.45, 7) is 9.65. The number of hydrogen-bond donors (Lipinski definition) is 1. The zero-order chi connectivity index (χ0) is 20.5. The normalized spacial score (nSPS) is 15.4. The number of amides is 1. The van der Waals surface area contributed by atoms with Gasteiger partial charge in [-0.05, 0) is 69.2 Å². The van der Waals surface area contributed by atoms with Crippen molar-refractivity contribution < 1.29 is 4.79 Å². The van der Waals surface area contributed by atoms with Crippen LogP contribution in [0.4, 0.5) is 5.69 Å². The van der Waals surface area contributed by atoms with Crippen LogP contribution in [-0.4, -0.2) is 24.2 Å². The van der Waals surface area contributed by atoms with Crippen molar-refractivity contribution in [2.24, 2.45) is 5.10 Å². The Balaban J connectivity index is 1.79. The zero-order valence-corrected chi connectivity index (χ0v) is 17.9. The van der Waals surface area contributed by atoms with Gasteiger partial charge in [0, 0.05) is 22.8 Å². The Labute approximate surface area is 175 Å². The fraction of sp³-hybridized carbons (Fsp3) is 0.273. The van der Waals surface area contributed by atoms with E-state index in [1.165, 1.54) is 22.9 Å². The average molecular weight is 416 g/mol. The largest absolute Gasteiger partial charge is 0.363 e. The third kappa shape index (κ3) is 4.08. The first-order valence-electron chi connectivity index (χ1n) is 9.13. The van der Waals surface area contributed by atoms with Gasteiger partial charge in [-0.25, -0.2) is 5.43 Å². The minimum atomic E-state index is -0.383. The molecule has 0 aromatic heterocycles. The molecule has 1 aliphatic rings. The van der Waals surface area contributed by atoms with Crippen molar-refractivity contribution in [3.63, 3.8) is 0 Å². The number of nitrogens with zero attached hydrogens (tertiary/aromatic N) is 2. The molecular formula is C22H23Cl2N3O. The van der Waals surface area contributed by atoms with E-state index < -0.39 is 0 Å². The summed E-state index contributed by atoms with van der Waals surface area (Å²) in [6, 6.07) is 10.9. The second-order valence-corrected chi connectivity index (χ2v) is 8.17. The van der Waals surface area contributed by atoms with Gasteiger partial charge in [-0.1, -0.05) is 35.3 Å². The van der Waals surface area contributed by atoms with E-state index in [0.717, 1.165) is 12.1 Å². The maximum Gasteiger partial charge on any atom is 0.272 e. The van der Waals surface area contributed by atoms with Gasteiger partial charge in [0.2, 0.25) is 0 Å². The minimum absolute atomic E-state index is 0.0206. The van der Waals surface area contributed by atoms with Gasteiger partial charge in [-0.15, -0.1) is 0 Å². The van der Waals surface area contributed by atoms with Crippen molar-refractivity contribution in [2.45, 2.75) is 33.2 Å². The number of halogens is 2. The summed E-state index contributed by atoms with van der Waals surface area (Å²) in [7, 11) is 0. The summed E-state index contributed by atoms with van der Waals surface area (Å²) >= 11 is 11.9. The summed E-state index contributed by atoms with van der Waals surface area (Å²) < 4.78 is 0. The predicted octanol–water partition coefficient (Wildman–Crippen LogP) is 5.78. The number of hydrazone groups is 1. The van der Waals surface area contributed by atoms with E-state index in [4.69, 9.17) is 23.2 Å². The molecule has 4 nitrogen and oxygen atoms in total. The van der Waals surface area contributed by atoms with Crippen LogP contribution in [-0.2, 0) is 0 Å². The number of hydrogen-bond acceptors (Lipinski definition) is 3. The Bertz CT molecular complexity index is 980. The molecule has 1 N–H and O–H groups in total. The standard InChI is InChI=1S/C22H23Cl2N3O/c1-5-27-20-9-6-15(10-18(20)14(2)12-22(27,3)4)13-25-26-21(28)17-8-7-16(23)11-19(17)24/h6-13H,5H2,1-4H3,(H,26,28)/b25-13+. The van der Waals surface area contributed by atoms with Gasteiger partial charge in [0.25, 0.3) is 5.91 Å². The molecule has 0 atom stereocenters. The lowest BCUT2D eigenvalue weighted by Gasteiger charge is -2.42. The van der Waals surface area contributed by atoms with Gasteiger partial charge >= 0.3 is 0 Å². The molecule has 1 heterocycles. The molecule has 3 rings (SSSR count). The Morgan fingerprint density at radius 1 is 1.21 bits per heavy atom. The molecule has 2 aromatic rings. The Kier molecular flexibility index (Phi) is 5.82. The van der Waals surface area contributed by atoms with Crippen LogP contribution < -0.4 is 10.3 Å². The summed E-state index contributed by atoms with van der Waals surface area (Å²) in [4.78, 5) is 14.6. The zero-order valence-electron chi connectivity index (χ0n) is 16.4. The fourth-order valence-electron chi connectivity index (χ4n) is 3.66. The first-order chi connectivity index (χ1) is 13.2. The van der Waals surface area contributed by atoms with Crippen LogP contribution >= 0.6 is 23.2 Å². The number of rotatable bonds is 4. The highest BCUT2D eigenvalue weighted by Crippen LogP contribution is 2.38. The molecular weight excluding hydrogens is 393 g/mol. The SMILES string of the molecule is CCN1c2ccc(/C=N/NC(=O)c3ccc(Cl)cc3Cl)cc2C(C)=CC1(C)C. The maximum absolute atomic E-state index is 12.2. The van der Waals surface area contributed by atoms with Gasteiger partial charge in [-0.3, -0.25) is 4.79 Å². The third-order valence-electron chi connectivity index (χ3n) is 4.87. The molecule has 1 amide bonds. The summed E-state index contributed by atoms with van der Waals surface area (Å²) in [5, 5.41) is 4.84. The van der Waals surface area contributed by atoms with E-state index in [9.17, 15) is 4.79 Å². The highest BCUT2D eigenvalue weighted by Gasteiger charge is 2.29. The van der Waals surface area contributed by atoms with E-state index in [-0.39, 0.29) is 16.5 Å². The third-order valence-corrected chi connectivity index (χ3v) is 5.42. The number of benzene rings is 2. The van der Waals surface area contributed by atoms with E-state index >= 15 is 0 Å². The Morgan fingerprint density at radius 2 is 1.96 bits per heavy atom. The number of likely N-dealkylation sites (N-methyl/N-ethyl adjacent to an activating group) is 1. The highest BCUT2D eigenvalue weighted by molar-refractivity contribution is 6.36. The van der Waals surface area contributed by atoms with Crippen molar-refractivity contribution in [2.75, 3.05) is 11.4 Å². The molecule has 0 bridgehead atoms. The number of nitrogens with one attached hydrogen (secondary N) is 1. The molecule has 0 saturated heterocycles. The number of fused-ring (bicyclic) bond motifs is 1. The molecule has 0 spiro atoms. The van der Waals surface area contributed by atoms with E-state index in [1.807, 2.05) is 6.07 Å². The van der Waals surface area contributed by atoms with Gasteiger partial charge in [0.05, 0.1) is 22.3 Å². The van der Waals surface area contributed by atoms with E-state index in [0.29, 0.717) is 10.6 Å². The van der Waals surface area contributed by atoms with Crippen LogP contribution in [0.15, 0.2) is 47.6 Å². The van der Waals surface area contributed by atoms with Gasteiger partial charge < -0.3 is 4.90 Å². The van der Waals surface area contributed by atoms with Crippen molar-refractivity contribution in [3.8, 4) is 0 Å². The average Bonchev–Trinajstić information content (AvgIpc) is 2.61. The van der Waals surface area contributed by atoms with Gasteiger partial charge in [0.1, 0.15) is 0 Å². The second kappa shape index (κ2) is 7.98. The van der Waals surface area contributed by atoms with Crippen LogP contribution in [0, 0.1) is 0 Å². The topological polar surface area (TPSA) is 44.7 Å². The van der Waals surface area contributed by atoms with Gasteiger partial charge in [-0.2, -0.15) is 5.10 Å². The van der Waals surface area contributed by atoms with Gasteiger partial charge in [0.15, 0.2) is 0 Å². The number of allylic oxidation sites excluding steroid dienone is 1. The monoisotopic (exact) mass is 415 g/mol. The van der Waals surface area contributed by atoms with Crippen molar-refractivity contribution in [3.05, 3.63) is 69.2 Å². The van der Waals surface area contributed by atoms with Crippen molar-refractivity contribution in [1.82, 2.24) is 5.43 Å². The first kappa shape index (κ1) is 20.4. The van der Waals surface area contributed by atoms with E-state index in [2.05, 4.69) is 61.3 Å². The van der Waals surface area contributed by atoms with Crippen LogP contribution in [0.1, 0.15) is 49.2 Å². The lowest BCUT2D eigenvalue weighted by atomic mass is 9.88. The summed E-state index contributed by atoms with van der Waals surface area (Å²) in [5.41, 5.74) is 7.34. The van der Waals surface area contributed by atoms with Crippen LogP contribution in [0.5, 0.6) is 0 Å². The Morgan fingerprint density at radius 3 is 2.64 bits per heavy atom. The molecule has 0 radical (unpaired) electrons. The van der Waals surface area contributed by atoms with Crippen molar-refractivity contribution >= 4 is 46.6 Å². The molecule has 2 aromatic carbocycles. The van der Waals surface area contributed by atoms with Crippen LogP contribution in [0.2, 0.25) is 10.0 Å². The van der Waals surface area contributed by atoms with Crippen LogP contribution in [0.25, 0.3) is 5.57 Å². The molecule has 146 valence electrons. The molecule has 1 aliphatic heterocycles. The lowest BCUT2D eigenvalue weighted by molar-refractivity contribution is 0.0955. The summed E-state index contributed by atoms with van der Waals surface area (Å²) in [6.07, 6.45) is 3.91. The number of carbonyl (C=O) groups excluding carboxylic acids is 1. The minimum Gasteiger partial charge on any atom is -0.363 e. The number of anilines is 1. The maximum atomic E-state index is 12.2. The molecule has 0 unspecified atom stereocenters. The molecule has 0 saturated carbocycles. The smallest absolute Gasteiger partial charge is 0.272 e. The van der Waals surface area contributed by atoms with Crippen LogP contribution in [0.3, 0.4) is 0 Å². The molecule has 0 aliphatic carbocycles. The van der Waals surface area contributed by atoms with Crippen molar-refractivity contribution in [1.29, 1.82) is 0 Å². The fourth-order valence-corrected chi connectivity index (χ4v) is 4.15. The lowest BCUT2D eigenvalue weighted by Crippen LogP contribution is -2.44.